The molecule has 1 aliphatic heterocycles. The highest BCUT2D eigenvalue weighted by Crippen LogP contribution is 2.37. The predicted molar refractivity (Wildman–Crippen MR) is 196 cm³/mol. The first-order chi connectivity index (χ1) is 23.3. The maximum atomic E-state index is 5.21. The van der Waals surface area contributed by atoms with Crippen molar-refractivity contribution in [2.24, 2.45) is 9.98 Å². The van der Waals surface area contributed by atoms with Crippen LogP contribution in [0.25, 0.3) is 49.4 Å². The summed E-state index contributed by atoms with van der Waals surface area (Å²) in [5.41, 5.74) is 8.94. The monoisotopic (exact) mass is 602 g/mol. The van der Waals surface area contributed by atoms with Crippen LogP contribution in [0.5, 0.6) is 0 Å². The number of fused-ring (bicyclic) bond motifs is 4. The number of nitrogens with one attached hydrogen (secondary N) is 1. The highest BCUT2D eigenvalue weighted by molar-refractivity contribution is 6.16. The minimum Gasteiger partial charge on any atom is -0.344 e. The molecule has 1 aliphatic rings. The molecule has 0 radical (unpaired) electrons. The zero-order valence-electron chi connectivity index (χ0n) is 25.6. The third-order valence-electron chi connectivity index (χ3n) is 9.02. The minimum atomic E-state index is -0.265. The molecule has 1 N–H and O–H groups in total. The molecule has 0 spiro atoms. The van der Waals surface area contributed by atoms with Crippen LogP contribution in [0.3, 0.4) is 0 Å². The molecule has 47 heavy (non-hydrogen) atoms. The fourth-order valence-electron chi connectivity index (χ4n) is 6.77. The fourth-order valence-corrected chi connectivity index (χ4v) is 6.77. The molecular weight excluding hydrogens is 573 g/mol. The van der Waals surface area contributed by atoms with E-state index in [9.17, 15) is 0 Å². The largest absolute Gasteiger partial charge is 0.344 e. The number of para-hydroxylation sites is 1. The van der Waals surface area contributed by atoms with Crippen molar-refractivity contribution in [1.82, 2.24) is 9.88 Å². The first-order valence-corrected chi connectivity index (χ1v) is 16.0. The average Bonchev–Trinajstić information content (AvgIpc) is 3.49. The third-order valence-corrected chi connectivity index (χ3v) is 9.02. The maximum absolute atomic E-state index is 5.21. The Hall–Kier alpha value is -6.26. The lowest BCUT2D eigenvalue weighted by molar-refractivity contribution is 0.674. The minimum absolute atomic E-state index is 0.265. The molecule has 0 saturated heterocycles. The van der Waals surface area contributed by atoms with Gasteiger partial charge in [-0.2, -0.15) is 0 Å². The number of benzene rings is 7. The van der Waals surface area contributed by atoms with Crippen molar-refractivity contribution < 1.29 is 0 Å². The second kappa shape index (κ2) is 11.3. The summed E-state index contributed by atoms with van der Waals surface area (Å²) >= 11 is 0. The van der Waals surface area contributed by atoms with Crippen LogP contribution < -0.4 is 5.32 Å². The van der Waals surface area contributed by atoms with Crippen LogP contribution in [0.15, 0.2) is 180 Å². The molecule has 222 valence electrons. The molecule has 1 unspecified atom stereocenters. The summed E-state index contributed by atoms with van der Waals surface area (Å²) in [6.45, 7) is 0. The summed E-state index contributed by atoms with van der Waals surface area (Å²) in [5, 5.41) is 8.35. The SMILES string of the molecule is c1ccc(C2=NC(c3cc(-n4c5ccccc5c5cc(-c6ccccc6)ccc54)c4ccccc4c3)=NC(c3ccccc3)N2)cc1. The van der Waals surface area contributed by atoms with Crippen molar-refractivity contribution in [3.8, 4) is 16.8 Å². The predicted octanol–water partition coefficient (Wildman–Crippen LogP) is 10.1. The molecule has 0 saturated carbocycles. The van der Waals surface area contributed by atoms with Crippen LogP contribution in [-0.2, 0) is 0 Å². The van der Waals surface area contributed by atoms with Gasteiger partial charge in [-0.05, 0) is 52.4 Å². The normalized spacial score (nSPS) is 14.6. The fraction of sp³-hybridized carbons (Fsp3) is 0.0233. The smallest absolute Gasteiger partial charge is 0.159 e. The van der Waals surface area contributed by atoms with Crippen molar-refractivity contribution in [3.05, 3.63) is 187 Å². The summed E-state index contributed by atoms with van der Waals surface area (Å²) in [5.74, 6) is 1.51. The third kappa shape index (κ3) is 4.79. The summed E-state index contributed by atoms with van der Waals surface area (Å²) in [7, 11) is 0. The van der Waals surface area contributed by atoms with Crippen LogP contribution in [-0.4, -0.2) is 16.2 Å². The zero-order chi connectivity index (χ0) is 31.2. The van der Waals surface area contributed by atoms with E-state index in [2.05, 4.69) is 155 Å². The Kier molecular flexibility index (Phi) is 6.50. The van der Waals surface area contributed by atoms with Gasteiger partial charge in [0, 0.05) is 27.3 Å². The molecule has 2 heterocycles. The van der Waals surface area contributed by atoms with E-state index in [-0.39, 0.29) is 6.17 Å². The van der Waals surface area contributed by atoms with Gasteiger partial charge in [-0.3, -0.25) is 0 Å². The average molecular weight is 603 g/mol. The van der Waals surface area contributed by atoms with Crippen molar-refractivity contribution in [3.63, 3.8) is 0 Å². The number of rotatable bonds is 5. The highest BCUT2D eigenvalue weighted by atomic mass is 15.2. The molecule has 4 heteroatoms. The van der Waals surface area contributed by atoms with Crippen molar-refractivity contribution in [2.45, 2.75) is 6.17 Å². The Balaban J connectivity index is 1.28. The molecule has 8 aromatic rings. The number of amidine groups is 2. The maximum Gasteiger partial charge on any atom is 0.159 e. The Morgan fingerprint density at radius 1 is 0.468 bits per heavy atom. The van der Waals surface area contributed by atoms with Gasteiger partial charge in [-0.15, -0.1) is 0 Å². The van der Waals surface area contributed by atoms with Crippen molar-refractivity contribution in [1.29, 1.82) is 0 Å². The quantitative estimate of drug-likeness (QED) is 0.209. The molecule has 1 aromatic heterocycles. The van der Waals surface area contributed by atoms with E-state index in [1.54, 1.807) is 0 Å². The number of hydrogen-bond acceptors (Lipinski definition) is 3. The lowest BCUT2D eigenvalue weighted by atomic mass is 10.0. The molecule has 0 bridgehead atoms. The summed E-state index contributed by atoms with van der Waals surface area (Å²) in [4.78, 5) is 10.3. The molecule has 0 aliphatic carbocycles. The first-order valence-electron chi connectivity index (χ1n) is 16.0. The molecule has 7 aromatic carbocycles. The molecule has 1 atom stereocenters. The van der Waals surface area contributed by atoms with E-state index in [0.29, 0.717) is 5.84 Å². The van der Waals surface area contributed by atoms with Crippen LogP contribution >= 0.6 is 0 Å². The standard InChI is InChI=1S/C43H30N4/c1-4-14-29(15-5-1)32-24-25-39-37(27-32)36-22-12-13-23-38(36)47(39)40-28-34(26-33-20-10-11-21-35(33)40)43-45-41(30-16-6-2-7-17-30)44-42(46-43)31-18-8-3-9-19-31/h1-28,41H,(H,44,45,46). The zero-order valence-corrected chi connectivity index (χ0v) is 25.6. The Labute approximate surface area is 273 Å². The highest BCUT2D eigenvalue weighted by Gasteiger charge is 2.23. The van der Waals surface area contributed by atoms with E-state index in [0.717, 1.165) is 44.6 Å². The van der Waals surface area contributed by atoms with Crippen LogP contribution in [0, 0.1) is 0 Å². The summed E-state index contributed by atoms with van der Waals surface area (Å²) in [6, 6.07) is 59.9. The van der Waals surface area contributed by atoms with E-state index < -0.39 is 0 Å². The van der Waals surface area contributed by atoms with Gasteiger partial charge in [-0.25, -0.2) is 9.98 Å². The Bertz CT molecular complexity index is 2480. The Morgan fingerprint density at radius 2 is 1.11 bits per heavy atom. The number of nitrogens with zero attached hydrogens (tertiary/aromatic N) is 3. The van der Waals surface area contributed by atoms with E-state index >= 15 is 0 Å². The van der Waals surface area contributed by atoms with E-state index in [1.165, 1.54) is 27.3 Å². The van der Waals surface area contributed by atoms with Gasteiger partial charge >= 0.3 is 0 Å². The van der Waals surface area contributed by atoms with Gasteiger partial charge in [0.1, 0.15) is 12.0 Å². The van der Waals surface area contributed by atoms with Crippen LogP contribution in [0.1, 0.15) is 22.9 Å². The van der Waals surface area contributed by atoms with Crippen molar-refractivity contribution in [2.75, 3.05) is 0 Å². The van der Waals surface area contributed by atoms with Crippen molar-refractivity contribution >= 4 is 44.2 Å². The van der Waals surface area contributed by atoms with Gasteiger partial charge in [-0.1, -0.05) is 140 Å². The molecular formula is C43H30N4. The van der Waals surface area contributed by atoms with Gasteiger partial charge in [0.2, 0.25) is 0 Å². The lowest BCUT2D eigenvalue weighted by Gasteiger charge is -2.24. The number of hydrogen-bond donors (Lipinski definition) is 1. The van der Waals surface area contributed by atoms with Gasteiger partial charge < -0.3 is 9.88 Å². The van der Waals surface area contributed by atoms with Gasteiger partial charge in [0.25, 0.3) is 0 Å². The van der Waals surface area contributed by atoms with E-state index in [4.69, 9.17) is 9.98 Å². The topological polar surface area (TPSA) is 41.7 Å². The number of aromatic nitrogens is 1. The summed E-state index contributed by atoms with van der Waals surface area (Å²) < 4.78 is 2.41. The van der Waals surface area contributed by atoms with Crippen LogP contribution in [0.4, 0.5) is 0 Å². The first kappa shape index (κ1) is 27.1. The molecule has 0 amide bonds. The Morgan fingerprint density at radius 3 is 1.89 bits per heavy atom. The second-order valence-corrected chi connectivity index (χ2v) is 11.9. The van der Waals surface area contributed by atoms with Gasteiger partial charge in [0.05, 0.1) is 16.7 Å². The van der Waals surface area contributed by atoms with Crippen LogP contribution in [0.2, 0.25) is 0 Å². The molecule has 0 fully saturated rings. The summed E-state index contributed by atoms with van der Waals surface area (Å²) in [6.07, 6.45) is -0.265. The lowest BCUT2D eigenvalue weighted by Crippen LogP contribution is -2.33. The van der Waals surface area contributed by atoms with E-state index in [1.807, 2.05) is 24.3 Å². The second-order valence-electron chi connectivity index (χ2n) is 11.9. The van der Waals surface area contributed by atoms with Gasteiger partial charge in [0.15, 0.2) is 5.84 Å². The molecule has 9 rings (SSSR count). The molecule has 4 nitrogen and oxygen atoms in total. The number of aliphatic imine (C=N–C) groups is 2.